The molecule has 0 spiro atoms. The van der Waals surface area contributed by atoms with Gasteiger partial charge in [-0.2, -0.15) is 0 Å². The summed E-state index contributed by atoms with van der Waals surface area (Å²) in [4.78, 5) is 19.2. The molecule has 0 bridgehead atoms. The summed E-state index contributed by atoms with van der Waals surface area (Å²) in [6, 6.07) is 1.07. The summed E-state index contributed by atoms with van der Waals surface area (Å²) in [5.74, 6) is -4.19. The molecule has 1 heterocycles. The van der Waals surface area contributed by atoms with E-state index in [9.17, 15) is 18.0 Å². The number of aromatic amines is 1. The fraction of sp³-hybridized carbons (Fsp3) is 0.286. The maximum atomic E-state index is 13.5. The second kappa shape index (κ2) is 5.23. The predicted molar refractivity (Wildman–Crippen MR) is 69.0 cm³/mol. The number of imidazole rings is 1. The summed E-state index contributed by atoms with van der Waals surface area (Å²) >= 11 is 0. The van der Waals surface area contributed by atoms with E-state index in [1.165, 1.54) is 0 Å². The third kappa shape index (κ3) is 2.63. The quantitative estimate of drug-likeness (QED) is 0.894. The normalized spacial score (nSPS) is 17.4. The van der Waals surface area contributed by atoms with E-state index in [4.69, 9.17) is 0 Å². The summed E-state index contributed by atoms with van der Waals surface area (Å²) in [7, 11) is 0. The highest BCUT2D eigenvalue weighted by molar-refractivity contribution is 5.93. The van der Waals surface area contributed by atoms with Gasteiger partial charge >= 0.3 is 0 Å². The van der Waals surface area contributed by atoms with Crippen molar-refractivity contribution in [3.05, 3.63) is 47.3 Å². The third-order valence-electron chi connectivity index (χ3n) is 3.62. The van der Waals surface area contributed by atoms with Crippen LogP contribution in [0.4, 0.5) is 18.9 Å². The van der Waals surface area contributed by atoms with Gasteiger partial charge < -0.3 is 10.3 Å². The zero-order chi connectivity index (χ0) is 15.0. The van der Waals surface area contributed by atoms with Crippen molar-refractivity contribution in [2.75, 3.05) is 5.32 Å². The number of benzene rings is 1. The summed E-state index contributed by atoms with van der Waals surface area (Å²) in [5.41, 5.74) is 1.16. The first-order chi connectivity index (χ1) is 10.0. The first-order valence-corrected chi connectivity index (χ1v) is 6.51. The van der Waals surface area contributed by atoms with Gasteiger partial charge in [-0.25, -0.2) is 18.2 Å². The van der Waals surface area contributed by atoms with Crippen LogP contribution < -0.4 is 5.32 Å². The van der Waals surface area contributed by atoms with Crippen LogP contribution in [0, 0.1) is 23.4 Å². The topological polar surface area (TPSA) is 57.8 Å². The molecule has 1 unspecified atom stereocenters. The number of hydrogen-bond acceptors (Lipinski definition) is 2. The molecular formula is C14H12F3N3O. The van der Waals surface area contributed by atoms with Gasteiger partial charge in [0.25, 0.3) is 0 Å². The van der Waals surface area contributed by atoms with E-state index in [1.54, 1.807) is 6.33 Å². The van der Waals surface area contributed by atoms with Crippen LogP contribution in [0.1, 0.15) is 17.8 Å². The number of carbonyl (C=O) groups is 1. The second-order valence-corrected chi connectivity index (χ2v) is 5.00. The number of aromatic nitrogens is 2. The van der Waals surface area contributed by atoms with Crippen molar-refractivity contribution in [3.8, 4) is 0 Å². The average Bonchev–Trinajstić information content (AvgIpc) is 2.89. The summed E-state index contributed by atoms with van der Waals surface area (Å²) < 4.78 is 39.9. The number of hydrogen-bond donors (Lipinski definition) is 2. The zero-order valence-corrected chi connectivity index (χ0v) is 10.9. The maximum absolute atomic E-state index is 13.5. The van der Waals surface area contributed by atoms with Gasteiger partial charge in [0, 0.05) is 30.2 Å². The van der Waals surface area contributed by atoms with Gasteiger partial charge in [0.1, 0.15) is 11.5 Å². The summed E-state index contributed by atoms with van der Waals surface area (Å²) in [6.07, 6.45) is 3.19. The first kappa shape index (κ1) is 13.7. The van der Waals surface area contributed by atoms with Gasteiger partial charge in [0.05, 0.1) is 12.0 Å². The van der Waals surface area contributed by atoms with E-state index >= 15 is 0 Å². The third-order valence-corrected chi connectivity index (χ3v) is 3.62. The molecule has 4 nitrogen and oxygen atoms in total. The molecule has 0 aliphatic heterocycles. The highest BCUT2D eigenvalue weighted by Gasteiger charge is 2.27. The molecule has 0 saturated carbocycles. The number of H-pyrrole nitrogens is 1. The van der Waals surface area contributed by atoms with E-state index < -0.39 is 35.0 Å². The highest BCUT2D eigenvalue weighted by Crippen LogP contribution is 2.26. The minimum Gasteiger partial charge on any atom is -0.348 e. The van der Waals surface area contributed by atoms with Gasteiger partial charge in [0.2, 0.25) is 5.91 Å². The molecule has 0 fully saturated rings. The van der Waals surface area contributed by atoms with E-state index in [0.29, 0.717) is 31.4 Å². The molecule has 1 aromatic carbocycles. The van der Waals surface area contributed by atoms with Crippen molar-refractivity contribution in [2.24, 2.45) is 5.92 Å². The van der Waals surface area contributed by atoms with Crippen LogP contribution in [0.3, 0.4) is 0 Å². The molecule has 21 heavy (non-hydrogen) atoms. The van der Waals surface area contributed by atoms with E-state index in [0.717, 1.165) is 11.4 Å². The maximum Gasteiger partial charge on any atom is 0.228 e. The number of nitrogens with one attached hydrogen (secondary N) is 2. The van der Waals surface area contributed by atoms with Crippen LogP contribution in [-0.4, -0.2) is 15.9 Å². The number of anilines is 1. The number of amides is 1. The van der Waals surface area contributed by atoms with E-state index in [1.807, 2.05) is 0 Å². The Kier molecular flexibility index (Phi) is 3.40. The molecule has 1 amide bonds. The number of halogens is 3. The minimum atomic E-state index is -1.13. The summed E-state index contributed by atoms with van der Waals surface area (Å²) in [5, 5.41) is 2.20. The van der Waals surface area contributed by atoms with Crippen molar-refractivity contribution in [1.29, 1.82) is 0 Å². The number of aryl methyl sites for hydroxylation is 1. The van der Waals surface area contributed by atoms with Crippen molar-refractivity contribution in [2.45, 2.75) is 19.3 Å². The first-order valence-electron chi connectivity index (χ1n) is 6.51. The second-order valence-electron chi connectivity index (χ2n) is 5.00. The Hall–Kier alpha value is -2.31. The Balaban J connectivity index is 1.76. The van der Waals surface area contributed by atoms with Crippen LogP contribution in [0.2, 0.25) is 0 Å². The number of carbonyl (C=O) groups excluding carboxylic acids is 1. The Morgan fingerprint density at radius 1 is 1.29 bits per heavy atom. The fourth-order valence-corrected chi connectivity index (χ4v) is 2.51. The van der Waals surface area contributed by atoms with Crippen LogP contribution in [0.15, 0.2) is 18.5 Å². The molecular weight excluding hydrogens is 283 g/mol. The molecule has 110 valence electrons. The Morgan fingerprint density at radius 2 is 2.00 bits per heavy atom. The Bertz CT molecular complexity index is 676. The standard InChI is InChI=1S/C14H12F3N3O/c15-8-4-9(16)13(10(17)5-8)20-14(21)7-1-2-11-12(3-7)19-6-18-11/h4-7H,1-3H2,(H,18,19)(H,20,21). The van der Waals surface area contributed by atoms with Gasteiger partial charge in [-0.1, -0.05) is 0 Å². The van der Waals surface area contributed by atoms with Crippen molar-refractivity contribution in [1.82, 2.24) is 9.97 Å². The van der Waals surface area contributed by atoms with Gasteiger partial charge in [-0.3, -0.25) is 4.79 Å². The van der Waals surface area contributed by atoms with Crippen LogP contribution in [0.5, 0.6) is 0 Å². The Morgan fingerprint density at radius 3 is 2.71 bits per heavy atom. The SMILES string of the molecule is O=C(Nc1c(F)cc(F)cc1F)C1CCc2[nH]cnc2C1. The summed E-state index contributed by atoms with van der Waals surface area (Å²) in [6.45, 7) is 0. The highest BCUT2D eigenvalue weighted by atomic mass is 19.1. The van der Waals surface area contributed by atoms with Crippen molar-refractivity contribution >= 4 is 11.6 Å². The fourth-order valence-electron chi connectivity index (χ4n) is 2.51. The smallest absolute Gasteiger partial charge is 0.228 e. The molecule has 1 atom stereocenters. The van der Waals surface area contributed by atoms with Crippen molar-refractivity contribution in [3.63, 3.8) is 0 Å². The van der Waals surface area contributed by atoms with E-state index in [2.05, 4.69) is 15.3 Å². The van der Waals surface area contributed by atoms with Crippen molar-refractivity contribution < 1.29 is 18.0 Å². The molecule has 1 aliphatic rings. The lowest BCUT2D eigenvalue weighted by Crippen LogP contribution is -2.29. The van der Waals surface area contributed by atoms with Gasteiger partial charge in [-0.05, 0) is 12.8 Å². The number of nitrogens with zero attached hydrogens (tertiary/aromatic N) is 1. The van der Waals surface area contributed by atoms with Crippen LogP contribution in [-0.2, 0) is 17.6 Å². The van der Waals surface area contributed by atoms with Gasteiger partial charge in [-0.15, -0.1) is 0 Å². The average molecular weight is 295 g/mol. The number of rotatable bonds is 2. The van der Waals surface area contributed by atoms with E-state index in [-0.39, 0.29) is 0 Å². The predicted octanol–water partition coefficient (Wildman–Crippen LogP) is 2.57. The molecule has 3 rings (SSSR count). The molecule has 0 saturated heterocycles. The molecule has 1 aliphatic carbocycles. The zero-order valence-electron chi connectivity index (χ0n) is 10.9. The Labute approximate surface area is 118 Å². The largest absolute Gasteiger partial charge is 0.348 e. The molecule has 2 N–H and O–H groups in total. The lowest BCUT2D eigenvalue weighted by atomic mass is 9.89. The lowest BCUT2D eigenvalue weighted by Gasteiger charge is -2.20. The molecule has 0 radical (unpaired) electrons. The molecule has 2 aromatic rings. The monoisotopic (exact) mass is 295 g/mol. The molecule has 1 aromatic heterocycles. The minimum absolute atomic E-state index is 0.412. The lowest BCUT2D eigenvalue weighted by molar-refractivity contribution is -0.120. The van der Waals surface area contributed by atoms with Crippen LogP contribution in [0.25, 0.3) is 0 Å². The van der Waals surface area contributed by atoms with Crippen LogP contribution >= 0.6 is 0 Å². The molecule has 7 heteroatoms. The number of fused-ring (bicyclic) bond motifs is 1. The van der Waals surface area contributed by atoms with Gasteiger partial charge in [0.15, 0.2) is 11.6 Å².